The van der Waals surface area contributed by atoms with Crippen LogP contribution in [0.5, 0.6) is 17.4 Å². The Morgan fingerprint density at radius 2 is 1.84 bits per heavy atom. The Morgan fingerprint density at radius 1 is 1.07 bits per heavy atom. The number of nitrogens with zero attached hydrogens (tertiary/aromatic N) is 2. The highest BCUT2D eigenvalue weighted by atomic mass is 32.2. The van der Waals surface area contributed by atoms with Gasteiger partial charge in [-0.1, -0.05) is 25.0 Å². The predicted octanol–water partition coefficient (Wildman–Crippen LogP) is 5.25. The fraction of sp³-hybridized carbons (Fsp3) is 0.548. The van der Waals surface area contributed by atoms with Crippen molar-refractivity contribution in [3.05, 3.63) is 57.8 Å². The number of pyridine rings is 1. The van der Waals surface area contributed by atoms with Crippen molar-refractivity contribution in [1.29, 1.82) is 0 Å². The monoisotopic (exact) mass is 835 g/mol. The van der Waals surface area contributed by atoms with Gasteiger partial charge in [-0.2, -0.15) is 0 Å². The number of allylic oxidation sites excluding steroid dienone is 1. The van der Waals surface area contributed by atoms with Crippen LogP contribution in [0.2, 0.25) is 0 Å². The summed E-state index contributed by atoms with van der Waals surface area (Å²) in [6.07, 6.45) is 7.37. The standard InChI is InChI=1S/C42H53N5O9S2/c1-24(2)55-35-21-33(29-15-16-32(54-6)26(4)36(29)44-35)56-28-20-31-37(48)45-42(40(51)46-58(52,53)41(5)18-19-41)22-27(42)12-10-8-7-9-11-13-30(39(50)47(31)23-28)43-38(49)34-17-14-25(3)57-34/h10,12,14-17,21,24,27-28,30-31H,7-9,11,13,18-20,22-23H2,1-6H3,(H,43,49)(H,45,48)(H,46,51)/b12-10-/t27-,28-,30+,31+,42-/m1/s1. The number of aryl methyl sites for hydroxylation is 2. The molecule has 0 spiro atoms. The fourth-order valence-corrected chi connectivity index (χ4v) is 9.97. The molecule has 3 fully saturated rings. The van der Waals surface area contributed by atoms with Gasteiger partial charge in [0.2, 0.25) is 27.7 Å². The largest absolute Gasteiger partial charge is 0.496 e. The van der Waals surface area contributed by atoms with Crippen LogP contribution >= 0.6 is 11.3 Å². The van der Waals surface area contributed by atoms with Crippen LogP contribution in [-0.2, 0) is 24.4 Å². The Labute approximate surface area is 343 Å². The molecule has 4 amide bonds. The number of nitrogens with one attached hydrogen (secondary N) is 3. The van der Waals surface area contributed by atoms with E-state index in [2.05, 4.69) is 15.4 Å². The first-order valence-electron chi connectivity index (χ1n) is 20.1. The maximum Gasteiger partial charge on any atom is 0.262 e. The molecule has 2 aromatic heterocycles. The Balaban J connectivity index is 1.23. The van der Waals surface area contributed by atoms with E-state index in [0.29, 0.717) is 65.3 Å². The van der Waals surface area contributed by atoms with Crippen molar-refractivity contribution in [3.63, 3.8) is 0 Å². The topological polar surface area (TPSA) is 182 Å². The quantitative estimate of drug-likeness (QED) is 0.228. The third-order valence-electron chi connectivity index (χ3n) is 11.7. The summed E-state index contributed by atoms with van der Waals surface area (Å²) in [4.78, 5) is 64.4. The highest BCUT2D eigenvalue weighted by Gasteiger charge is 2.63. The fourth-order valence-electron chi connectivity index (χ4n) is 7.89. The molecule has 16 heteroatoms. The van der Waals surface area contributed by atoms with Crippen molar-refractivity contribution in [2.45, 2.75) is 127 Å². The highest BCUT2D eigenvalue weighted by molar-refractivity contribution is 7.91. The lowest BCUT2D eigenvalue weighted by Gasteiger charge is -2.30. The molecule has 5 atom stereocenters. The van der Waals surface area contributed by atoms with Crippen LogP contribution in [0.15, 0.2) is 42.5 Å². The summed E-state index contributed by atoms with van der Waals surface area (Å²) in [5.41, 5.74) is -0.135. The van der Waals surface area contributed by atoms with Gasteiger partial charge in [0.25, 0.3) is 11.8 Å². The summed E-state index contributed by atoms with van der Waals surface area (Å²) < 4.78 is 46.0. The number of ether oxygens (including phenoxy) is 3. The molecule has 0 bridgehead atoms. The molecule has 58 heavy (non-hydrogen) atoms. The number of rotatable bonds is 10. The third kappa shape index (κ3) is 8.40. The molecule has 14 nitrogen and oxygen atoms in total. The van der Waals surface area contributed by atoms with Crippen molar-refractivity contribution < 1.29 is 41.8 Å². The number of hydrogen-bond donors (Lipinski definition) is 3. The number of amides is 4. The lowest BCUT2D eigenvalue weighted by atomic mass is 10.0. The number of sulfonamides is 1. The van der Waals surface area contributed by atoms with Crippen molar-refractivity contribution in [3.8, 4) is 17.4 Å². The molecule has 1 saturated heterocycles. The van der Waals surface area contributed by atoms with Crippen LogP contribution in [0.3, 0.4) is 0 Å². The van der Waals surface area contributed by atoms with E-state index in [1.165, 1.54) is 16.2 Å². The summed E-state index contributed by atoms with van der Waals surface area (Å²) >= 11 is 1.33. The minimum absolute atomic E-state index is 0.00398. The van der Waals surface area contributed by atoms with Gasteiger partial charge < -0.3 is 29.7 Å². The summed E-state index contributed by atoms with van der Waals surface area (Å²) in [6, 6.07) is 6.87. The zero-order chi connectivity index (χ0) is 41.6. The average Bonchev–Trinajstić information content (AvgIpc) is 3.97. The summed E-state index contributed by atoms with van der Waals surface area (Å²) in [7, 11) is -2.42. The van der Waals surface area contributed by atoms with Gasteiger partial charge in [-0.05, 0) is 97.4 Å². The molecule has 312 valence electrons. The first kappa shape index (κ1) is 41.5. The van der Waals surface area contributed by atoms with Gasteiger partial charge in [-0.3, -0.25) is 23.9 Å². The van der Waals surface area contributed by atoms with Crippen LogP contribution in [0.25, 0.3) is 10.9 Å². The molecule has 3 aromatic rings. The van der Waals surface area contributed by atoms with Crippen molar-refractivity contribution >= 4 is 55.9 Å². The molecule has 2 aliphatic heterocycles. The molecule has 4 heterocycles. The van der Waals surface area contributed by atoms with Gasteiger partial charge in [0, 0.05) is 34.2 Å². The SMILES string of the molecule is COc1ccc2c(O[C@@H]3C[C@H]4C(=O)N[C@]5(C(=O)NS(=O)(=O)C6(C)CC6)C[C@H]5/C=C\CCCCC[C@H](NC(=O)c5ccc(C)s5)C(=O)N4C3)cc(OC(C)C)nc2c1C. The van der Waals surface area contributed by atoms with Crippen molar-refractivity contribution in [2.24, 2.45) is 5.92 Å². The first-order valence-corrected chi connectivity index (χ1v) is 22.4. The van der Waals surface area contributed by atoms with Crippen molar-refractivity contribution in [2.75, 3.05) is 13.7 Å². The van der Waals surface area contributed by atoms with Crippen LogP contribution in [0, 0.1) is 19.8 Å². The van der Waals surface area contributed by atoms with E-state index < -0.39 is 62.1 Å². The number of aromatic nitrogens is 1. The normalized spacial score (nSPS) is 26.4. The van der Waals surface area contributed by atoms with Gasteiger partial charge in [-0.25, -0.2) is 13.4 Å². The number of thiophene rings is 1. The van der Waals surface area contributed by atoms with Crippen LogP contribution in [0.4, 0.5) is 0 Å². The number of hydrogen-bond acceptors (Lipinski definition) is 11. The van der Waals surface area contributed by atoms with E-state index in [-0.39, 0.29) is 31.4 Å². The number of carbonyl (C=O) groups is 4. The van der Waals surface area contributed by atoms with E-state index >= 15 is 0 Å². The molecular weight excluding hydrogens is 783 g/mol. The van der Waals surface area contributed by atoms with E-state index in [9.17, 15) is 27.6 Å². The second kappa shape index (κ2) is 16.2. The Kier molecular flexibility index (Phi) is 11.5. The molecule has 7 rings (SSSR count). The molecule has 2 saturated carbocycles. The zero-order valence-electron chi connectivity index (χ0n) is 33.9. The molecule has 0 unspecified atom stereocenters. The molecular formula is C42H53N5O9S2. The van der Waals surface area contributed by atoms with E-state index in [1.807, 2.05) is 58.0 Å². The first-order chi connectivity index (χ1) is 27.5. The van der Waals surface area contributed by atoms with Gasteiger partial charge in [0.1, 0.15) is 35.2 Å². The van der Waals surface area contributed by atoms with Gasteiger partial charge in [0.15, 0.2) is 0 Å². The number of fused-ring (bicyclic) bond motifs is 3. The molecule has 3 N–H and O–H groups in total. The van der Waals surface area contributed by atoms with E-state index in [4.69, 9.17) is 19.2 Å². The average molecular weight is 836 g/mol. The van der Waals surface area contributed by atoms with E-state index in [0.717, 1.165) is 23.3 Å². The Bertz CT molecular complexity index is 2250. The lowest BCUT2D eigenvalue weighted by molar-refractivity contribution is -0.141. The second-order valence-corrected chi connectivity index (χ2v) is 20.0. The second-order valence-electron chi connectivity index (χ2n) is 16.6. The maximum atomic E-state index is 14.8. The highest BCUT2D eigenvalue weighted by Crippen LogP contribution is 2.47. The molecule has 0 radical (unpaired) electrons. The van der Waals surface area contributed by atoms with Crippen LogP contribution in [-0.4, -0.2) is 90.2 Å². The van der Waals surface area contributed by atoms with Crippen molar-refractivity contribution in [1.82, 2.24) is 25.2 Å². The zero-order valence-corrected chi connectivity index (χ0v) is 35.5. The molecule has 2 aliphatic carbocycles. The smallest absolute Gasteiger partial charge is 0.262 e. The molecule has 1 aromatic carbocycles. The maximum absolute atomic E-state index is 14.8. The summed E-state index contributed by atoms with van der Waals surface area (Å²) in [6.45, 7) is 9.16. The minimum Gasteiger partial charge on any atom is -0.496 e. The van der Waals surface area contributed by atoms with Gasteiger partial charge in [0.05, 0.1) is 34.9 Å². The Hall–Kier alpha value is -4.70. The summed E-state index contributed by atoms with van der Waals surface area (Å²) in [5, 5.41) is 6.57. The summed E-state index contributed by atoms with van der Waals surface area (Å²) in [5.74, 6) is -1.26. The Morgan fingerprint density at radius 3 is 2.53 bits per heavy atom. The lowest BCUT2D eigenvalue weighted by Crippen LogP contribution is -2.58. The molecule has 4 aliphatic rings. The van der Waals surface area contributed by atoms with Crippen LogP contribution < -0.4 is 29.6 Å². The minimum atomic E-state index is -4.00. The van der Waals surface area contributed by atoms with E-state index in [1.54, 1.807) is 26.2 Å². The third-order valence-corrected chi connectivity index (χ3v) is 14.9. The number of benzene rings is 1. The van der Waals surface area contributed by atoms with Gasteiger partial charge >= 0.3 is 0 Å². The number of methoxy groups -OCH3 is 1. The predicted molar refractivity (Wildman–Crippen MR) is 220 cm³/mol. The number of carbonyl (C=O) groups excluding carboxylic acids is 4. The van der Waals surface area contributed by atoms with Gasteiger partial charge in [-0.15, -0.1) is 11.3 Å². The van der Waals surface area contributed by atoms with Crippen LogP contribution in [0.1, 0.15) is 98.7 Å².